The molecule has 0 amide bonds. The van der Waals surface area contributed by atoms with Gasteiger partial charge < -0.3 is 5.32 Å². The van der Waals surface area contributed by atoms with E-state index in [2.05, 4.69) is 68.0 Å². The van der Waals surface area contributed by atoms with Crippen molar-refractivity contribution in [3.63, 3.8) is 0 Å². The number of nitrogens with zero attached hydrogens (tertiary/aromatic N) is 2. The van der Waals surface area contributed by atoms with Crippen LogP contribution < -0.4 is 5.32 Å². The highest BCUT2D eigenvalue weighted by Crippen LogP contribution is 2.11. The van der Waals surface area contributed by atoms with E-state index in [-0.39, 0.29) is 0 Å². The van der Waals surface area contributed by atoms with Gasteiger partial charge >= 0.3 is 0 Å². The first kappa shape index (κ1) is 18.1. The van der Waals surface area contributed by atoms with Crippen LogP contribution >= 0.6 is 0 Å². The van der Waals surface area contributed by atoms with E-state index in [0.29, 0.717) is 12.0 Å². The molecule has 1 unspecified atom stereocenters. The Hall–Kier alpha value is -0.930. The molecule has 0 fully saturated rings. The first-order chi connectivity index (χ1) is 10.1. The molecule has 1 N–H and O–H groups in total. The summed E-state index contributed by atoms with van der Waals surface area (Å²) in [7, 11) is 0. The predicted octanol–water partition coefficient (Wildman–Crippen LogP) is 3.63. The van der Waals surface area contributed by atoms with Gasteiger partial charge in [0.25, 0.3) is 0 Å². The molecule has 0 spiro atoms. The molecule has 3 nitrogen and oxygen atoms in total. The van der Waals surface area contributed by atoms with Gasteiger partial charge in [-0.2, -0.15) is 0 Å². The van der Waals surface area contributed by atoms with Crippen LogP contribution in [0.25, 0.3) is 0 Å². The topological polar surface area (TPSA) is 28.2 Å². The molecular weight excluding hydrogens is 258 g/mol. The highest BCUT2D eigenvalue weighted by atomic mass is 15.2. The van der Waals surface area contributed by atoms with Gasteiger partial charge in [-0.1, -0.05) is 40.2 Å². The minimum atomic E-state index is 0.598. The van der Waals surface area contributed by atoms with Crippen LogP contribution in [0, 0.1) is 12.8 Å². The fraction of sp³-hybridized carbons (Fsp3) is 0.722. The van der Waals surface area contributed by atoms with E-state index in [9.17, 15) is 0 Å². The van der Waals surface area contributed by atoms with Gasteiger partial charge in [-0.25, -0.2) is 0 Å². The fourth-order valence-electron chi connectivity index (χ4n) is 2.68. The maximum Gasteiger partial charge on any atom is 0.0547 e. The molecule has 0 radical (unpaired) electrons. The SMILES string of the molecule is CCCC(CNCC(C)C)N(CC)Cc1cccc(C)n1. The van der Waals surface area contributed by atoms with E-state index in [4.69, 9.17) is 0 Å². The zero-order chi connectivity index (χ0) is 15.7. The van der Waals surface area contributed by atoms with E-state index in [0.717, 1.165) is 31.9 Å². The van der Waals surface area contributed by atoms with E-state index in [1.54, 1.807) is 0 Å². The number of likely N-dealkylation sites (N-methyl/N-ethyl adjacent to an activating group) is 1. The molecule has 1 aromatic rings. The largest absolute Gasteiger partial charge is 0.315 e. The lowest BCUT2D eigenvalue weighted by molar-refractivity contribution is 0.179. The van der Waals surface area contributed by atoms with Gasteiger partial charge in [-0.05, 0) is 44.5 Å². The van der Waals surface area contributed by atoms with Crippen molar-refractivity contribution in [2.75, 3.05) is 19.6 Å². The molecule has 3 heteroatoms. The third-order valence-electron chi connectivity index (χ3n) is 3.79. The molecule has 0 saturated carbocycles. The second kappa shape index (κ2) is 9.91. The van der Waals surface area contributed by atoms with Crippen LogP contribution in [-0.4, -0.2) is 35.6 Å². The Labute approximate surface area is 131 Å². The van der Waals surface area contributed by atoms with Crippen LogP contribution in [0.2, 0.25) is 0 Å². The van der Waals surface area contributed by atoms with Crippen molar-refractivity contribution in [1.29, 1.82) is 0 Å². The minimum Gasteiger partial charge on any atom is -0.315 e. The maximum absolute atomic E-state index is 4.65. The number of aromatic nitrogens is 1. The lowest BCUT2D eigenvalue weighted by atomic mass is 10.1. The van der Waals surface area contributed by atoms with Crippen LogP contribution in [0.15, 0.2) is 18.2 Å². The summed E-state index contributed by atoms with van der Waals surface area (Å²) in [6.07, 6.45) is 2.47. The van der Waals surface area contributed by atoms with Gasteiger partial charge in [0.2, 0.25) is 0 Å². The van der Waals surface area contributed by atoms with Crippen LogP contribution in [0.1, 0.15) is 51.9 Å². The van der Waals surface area contributed by atoms with E-state index >= 15 is 0 Å². The Morgan fingerprint density at radius 1 is 1.19 bits per heavy atom. The maximum atomic E-state index is 4.65. The molecule has 1 heterocycles. The van der Waals surface area contributed by atoms with Gasteiger partial charge in [0, 0.05) is 24.8 Å². The zero-order valence-corrected chi connectivity index (χ0v) is 14.5. The minimum absolute atomic E-state index is 0.598. The molecule has 0 saturated heterocycles. The smallest absolute Gasteiger partial charge is 0.0547 e. The van der Waals surface area contributed by atoms with Crippen molar-refractivity contribution in [2.24, 2.45) is 5.92 Å². The lowest BCUT2D eigenvalue weighted by Gasteiger charge is -2.31. The summed E-state index contributed by atoms with van der Waals surface area (Å²) in [6, 6.07) is 6.91. The Morgan fingerprint density at radius 2 is 1.95 bits per heavy atom. The highest BCUT2D eigenvalue weighted by molar-refractivity contribution is 5.10. The summed E-state index contributed by atoms with van der Waals surface area (Å²) in [5.41, 5.74) is 2.29. The molecule has 21 heavy (non-hydrogen) atoms. The van der Waals surface area contributed by atoms with Gasteiger partial charge in [0.1, 0.15) is 0 Å². The lowest BCUT2D eigenvalue weighted by Crippen LogP contribution is -2.42. The van der Waals surface area contributed by atoms with E-state index in [1.165, 1.54) is 18.5 Å². The van der Waals surface area contributed by atoms with Gasteiger partial charge in [0.15, 0.2) is 0 Å². The molecule has 0 aliphatic carbocycles. The molecular formula is C18H33N3. The summed E-state index contributed by atoms with van der Waals surface area (Å²) < 4.78 is 0. The number of hydrogen-bond acceptors (Lipinski definition) is 3. The molecule has 1 rings (SSSR count). The summed E-state index contributed by atoms with van der Waals surface area (Å²) in [6.45, 7) is 15.3. The number of aryl methyl sites for hydroxylation is 1. The summed E-state index contributed by atoms with van der Waals surface area (Å²) in [5, 5.41) is 3.62. The molecule has 0 bridgehead atoms. The summed E-state index contributed by atoms with van der Waals surface area (Å²) in [4.78, 5) is 7.20. The van der Waals surface area contributed by atoms with Crippen LogP contribution in [0.3, 0.4) is 0 Å². The van der Waals surface area contributed by atoms with Crippen LogP contribution in [0.4, 0.5) is 0 Å². The second-order valence-corrected chi connectivity index (χ2v) is 6.33. The number of rotatable bonds is 10. The van der Waals surface area contributed by atoms with Crippen molar-refractivity contribution in [3.8, 4) is 0 Å². The second-order valence-electron chi connectivity index (χ2n) is 6.33. The van der Waals surface area contributed by atoms with E-state index < -0.39 is 0 Å². The molecule has 0 aromatic carbocycles. The first-order valence-corrected chi connectivity index (χ1v) is 8.44. The third-order valence-corrected chi connectivity index (χ3v) is 3.79. The monoisotopic (exact) mass is 291 g/mol. The molecule has 0 aliphatic rings. The molecule has 0 aliphatic heterocycles. The van der Waals surface area contributed by atoms with Crippen molar-refractivity contribution < 1.29 is 0 Å². The first-order valence-electron chi connectivity index (χ1n) is 8.44. The average molecular weight is 291 g/mol. The highest BCUT2D eigenvalue weighted by Gasteiger charge is 2.17. The van der Waals surface area contributed by atoms with Crippen molar-refractivity contribution >= 4 is 0 Å². The third kappa shape index (κ3) is 7.05. The number of nitrogens with one attached hydrogen (secondary N) is 1. The average Bonchev–Trinajstić information content (AvgIpc) is 2.44. The van der Waals surface area contributed by atoms with Crippen molar-refractivity contribution in [2.45, 2.75) is 60.0 Å². The Balaban J connectivity index is 2.63. The quantitative estimate of drug-likeness (QED) is 0.713. The Morgan fingerprint density at radius 3 is 2.52 bits per heavy atom. The van der Waals surface area contributed by atoms with Crippen LogP contribution in [-0.2, 0) is 6.54 Å². The van der Waals surface area contributed by atoms with Crippen molar-refractivity contribution in [1.82, 2.24) is 15.2 Å². The van der Waals surface area contributed by atoms with Gasteiger partial charge in [0.05, 0.1) is 5.69 Å². The van der Waals surface area contributed by atoms with Gasteiger partial charge in [-0.15, -0.1) is 0 Å². The predicted molar refractivity (Wildman–Crippen MR) is 91.5 cm³/mol. The summed E-state index contributed by atoms with van der Waals surface area (Å²) in [5.74, 6) is 0.709. The Kier molecular flexibility index (Phi) is 8.55. The molecule has 1 atom stereocenters. The number of pyridine rings is 1. The van der Waals surface area contributed by atoms with Gasteiger partial charge in [-0.3, -0.25) is 9.88 Å². The van der Waals surface area contributed by atoms with Crippen molar-refractivity contribution in [3.05, 3.63) is 29.6 Å². The number of hydrogen-bond donors (Lipinski definition) is 1. The standard InChI is InChI=1S/C18H33N3/c1-6-9-18(13-19-12-15(3)4)21(7-2)14-17-11-8-10-16(5)20-17/h8,10-11,15,18-19H,6-7,9,12-14H2,1-5H3. The Bertz CT molecular complexity index is 390. The normalized spacial score (nSPS) is 13.1. The fourth-order valence-corrected chi connectivity index (χ4v) is 2.68. The molecule has 120 valence electrons. The summed E-state index contributed by atoms with van der Waals surface area (Å²) >= 11 is 0. The van der Waals surface area contributed by atoms with E-state index in [1.807, 2.05) is 0 Å². The van der Waals surface area contributed by atoms with Crippen LogP contribution in [0.5, 0.6) is 0 Å². The zero-order valence-electron chi connectivity index (χ0n) is 14.5. The molecule has 1 aromatic heterocycles.